The van der Waals surface area contributed by atoms with E-state index in [0.717, 1.165) is 25.2 Å². The van der Waals surface area contributed by atoms with E-state index < -0.39 is 0 Å². The van der Waals surface area contributed by atoms with E-state index in [1.165, 1.54) is 17.7 Å². The molecule has 1 aromatic heterocycles. The smallest absolute Gasteiger partial charge is 0.0794 e. The first-order valence-corrected chi connectivity index (χ1v) is 7.62. The lowest BCUT2D eigenvalue weighted by molar-refractivity contribution is 0.121. The number of thiazole rings is 1. The lowest BCUT2D eigenvalue weighted by Gasteiger charge is -2.40. The number of nitriles is 1. The van der Waals surface area contributed by atoms with E-state index in [1.807, 2.05) is 11.7 Å². The molecule has 0 aromatic carbocycles. The van der Waals surface area contributed by atoms with E-state index in [9.17, 15) is 5.26 Å². The molecule has 0 N–H and O–H groups in total. The van der Waals surface area contributed by atoms with E-state index in [4.69, 9.17) is 0 Å². The van der Waals surface area contributed by atoms with E-state index in [1.54, 1.807) is 11.3 Å². The summed E-state index contributed by atoms with van der Waals surface area (Å²) in [5, 5.41) is 9.56. The van der Waals surface area contributed by atoms with Gasteiger partial charge in [0.25, 0.3) is 0 Å². The zero-order valence-corrected chi connectivity index (χ0v) is 12.4. The Morgan fingerprint density at radius 3 is 2.56 bits per heavy atom. The fraction of sp³-hybridized carbons (Fsp3) is 0.733. The van der Waals surface area contributed by atoms with Gasteiger partial charge in [-0.2, -0.15) is 5.26 Å². The molecule has 0 atom stereocenters. The van der Waals surface area contributed by atoms with Crippen LogP contribution in [0.5, 0.6) is 0 Å². The van der Waals surface area contributed by atoms with Crippen molar-refractivity contribution in [1.82, 2.24) is 4.98 Å². The zero-order chi connectivity index (χ0) is 13.2. The van der Waals surface area contributed by atoms with Gasteiger partial charge in [0.2, 0.25) is 0 Å². The van der Waals surface area contributed by atoms with Crippen molar-refractivity contribution in [3.05, 3.63) is 16.6 Å². The third-order valence-corrected chi connectivity index (χ3v) is 5.18. The SMILES string of the molecule is CC(C)(C)C1CCC(C#N)(Cc2cncs2)CC1. The van der Waals surface area contributed by atoms with Crippen molar-refractivity contribution in [2.75, 3.05) is 0 Å². The normalized spacial score (nSPS) is 28.9. The molecule has 1 aliphatic carbocycles. The van der Waals surface area contributed by atoms with Gasteiger partial charge in [0.05, 0.1) is 17.0 Å². The van der Waals surface area contributed by atoms with Gasteiger partial charge in [-0.3, -0.25) is 4.98 Å². The first-order chi connectivity index (χ1) is 8.45. The Hall–Kier alpha value is -0.880. The summed E-state index contributed by atoms with van der Waals surface area (Å²) in [6.07, 6.45) is 7.28. The maximum absolute atomic E-state index is 9.56. The lowest BCUT2D eigenvalue weighted by atomic mass is 9.63. The topological polar surface area (TPSA) is 36.7 Å². The molecule has 2 nitrogen and oxygen atoms in total. The highest BCUT2D eigenvalue weighted by atomic mass is 32.1. The molecule has 98 valence electrons. The van der Waals surface area contributed by atoms with Crippen LogP contribution in [-0.2, 0) is 6.42 Å². The average Bonchev–Trinajstić information content (AvgIpc) is 2.81. The van der Waals surface area contributed by atoms with Gasteiger partial charge in [0.15, 0.2) is 0 Å². The highest BCUT2D eigenvalue weighted by Crippen LogP contribution is 2.46. The molecule has 0 radical (unpaired) electrons. The Morgan fingerprint density at radius 2 is 2.11 bits per heavy atom. The second kappa shape index (κ2) is 5.01. The van der Waals surface area contributed by atoms with E-state index in [0.29, 0.717) is 5.41 Å². The lowest BCUT2D eigenvalue weighted by Crippen LogP contribution is -2.33. The van der Waals surface area contributed by atoms with Crippen molar-refractivity contribution in [1.29, 1.82) is 5.26 Å². The summed E-state index contributed by atoms with van der Waals surface area (Å²) in [7, 11) is 0. The number of nitrogens with zero attached hydrogens (tertiary/aromatic N) is 2. The molecule has 3 heteroatoms. The largest absolute Gasteiger partial charge is 0.253 e. The van der Waals surface area contributed by atoms with E-state index in [2.05, 4.69) is 31.8 Å². The van der Waals surface area contributed by atoms with Crippen molar-refractivity contribution < 1.29 is 0 Å². The third kappa shape index (κ3) is 2.92. The van der Waals surface area contributed by atoms with Crippen molar-refractivity contribution in [3.63, 3.8) is 0 Å². The number of hydrogen-bond acceptors (Lipinski definition) is 3. The molecule has 1 fully saturated rings. The van der Waals surface area contributed by atoms with Gasteiger partial charge in [-0.1, -0.05) is 20.8 Å². The standard InChI is InChI=1S/C15H22N2S/c1-14(2,3)12-4-6-15(10-16,7-5-12)8-13-9-17-11-18-13/h9,11-12H,4-8H2,1-3H3. The molecule has 1 aliphatic rings. The van der Waals surface area contributed by atoms with Crippen LogP contribution in [0.4, 0.5) is 0 Å². The summed E-state index contributed by atoms with van der Waals surface area (Å²) in [5.41, 5.74) is 2.11. The number of hydrogen-bond donors (Lipinski definition) is 0. The molecule has 18 heavy (non-hydrogen) atoms. The summed E-state index contributed by atoms with van der Waals surface area (Å²) >= 11 is 1.67. The fourth-order valence-electron chi connectivity index (χ4n) is 3.03. The Bertz CT molecular complexity index is 414. The van der Waals surface area contributed by atoms with Crippen LogP contribution in [0.15, 0.2) is 11.7 Å². The van der Waals surface area contributed by atoms with Gasteiger partial charge in [-0.05, 0) is 37.0 Å². The molecule has 2 rings (SSSR count). The summed E-state index contributed by atoms with van der Waals surface area (Å²) in [4.78, 5) is 5.37. The molecule has 1 saturated carbocycles. The predicted molar refractivity (Wildman–Crippen MR) is 75.3 cm³/mol. The minimum absolute atomic E-state index is 0.131. The molecular weight excluding hydrogens is 240 g/mol. The van der Waals surface area contributed by atoms with Crippen LogP contribution in [0.2, 0.25) is 0 Å². The quantitative estimate of drug-likeness (QED) is 0.790. The van der Waals surface area contributed by atoms with Gasteiger partial charge in [0, 0.05) is 17.5 Å². The Morgan fingerprint density at radius 1 is 1.44 bits per heavy atom. The Kier molecular flexibility index (Phi) is 3.77. The first kappa shape index (κ1) is 13.5. The van der Waals surface area contributed by atoms with Crippen LogP contribution in [0, 0.1) is 28.1 Å². The van der Waals surface area contributed by atoms with Crippen LogP contribution < -0.4 is 0 Å². The predicted octanol–water partition coefficient (Wildman–Crippen LogP) is 4.43. The van der Waals surface area contributed by atoms with Crippen LogP contribution >= 0.6 is 11.3 Å². The fourth-order valence-corrected chi connectivity index (χ4v) is 3.77. The Labute approximate surface area is 114 Å². The second-order valence-corrected chi connectivity index (χ2v) is 7.65. The van der Waals surface area contributed by atoms with Gasteiger partial charge in [0.1, 0.15) is 0 Å². The van der Waals surface area contributed by atoms with Crippen LogP contribution in [0.25, 0.3) is 0 Å². The molecule has 0 spiro atoms. The maximum Gasteiger partial charge on any atom is 0.0794 e. The molecule has 1 aromatic rings. The van der Waals surface area contributed by atoms with Crippen molar-refractivity contribution >= 4 is 11.3 Å². The van der Waals surface area contributed by atoms with Crippen molar-refractivity contribution in [2.24, 2.45) is 16.7 Å². The van der Waals surface area contributed by atoms with E-state index >= 15 is 0 Å². The summed E-state index contributed by atoms with van der Waals surface area (Å²) in [6, 6.07) is 2.61. The first-order valence-electron chi connectivity index (χ1n) is 6.74. The van der Waals surface area contributed by atoms with Crippen LogP contribution in [0.1, 0.15) is 51.3 Å². The van der Waals surface area contributed by atoms with Crippen LogP contribution in [-0.4, -0.2) is 4.98 Å². The monoisotopic (exact) mass is 262 g/mol. The highest BCUT2D eigenvalue weighted by molar-refractivity contribution is 7.09. The van der Waals surface area contributed by atoms with Crippen molar-refractivity contribution in [2.45, 2.75) is 52.9 Å². The maximum atomic E-state index is 9.56. The summed E-state index contributed by atoms with van der Waals surface area (Å²) in [6.45, 7) is 6.96. The molecule has 0 bridgehead atoms. The molecular formula is C15H22N2S. The summed E-state index contributed by atoms with van der Waals surface area (Å²) in [5.74, 6) is 0.764. The zero-order valence-electron chi connectivity index (χ0n) is 11.6. The van der Waals surface area contributed by atoms with Gasteiger partial charge in [-0.15, -0.1) is 11.3 Å². The summed E-state index contributed by atoms with van der Waals surface area (Å²) < 4.78 is 0. The minimum atomic E-state index is -0.131. The molecule has 0 amide bonds. The minimum Gasteiger partial charge on any atom is -0.253 e. The molecule has 1 heterocycles. The Balaban J connectivity index is 2.03. The molecule has 0 saturated heterocycles. The van der Waals surface area contributed by atoms with Gasteiger partial charge >= 0.3 is 0 Å². The third-order valence-electron chi connectivity index (χ3n) is 4.40. The van der Waals surface area contributed by atoms with E-state index in [-0.39, 0.29) is 5.41 Å². The van der Waals surface area contributed by atoms with Crippen molar-refractivity contribution in [3.8, 4) is 6.07 Å². The average molecular weight is 262 g/mol. The van der Waals surface area contributed by atoms with Gasteiger partial charge in [-0.25, -0.2) is 0 Å². The highest BCUT2D eigenvalue weighted by Gasteiger charge is 2.39. The van der Waals surface area contributed by atoms with Crippen LogP contribution in [0.3, 0.4) is 0 Å². The number of rotatable bonds is 2. The molecule has 0 unspecified atom stereocenters. The second-order valence-electron chi connectivity index (χ2n) is 6.68. The van der Waals surface area contributed by atoms with Gasteiger partial charge < -0.3 is 0 Å². The molecule has 0 aliphatic heterocycles. The number of aromatic nitrogens is 1.